The first-order valence-electron chi connectivity index (χ1n) is 7.32. The summed E-state index contributed by atoms with van der Waals surface area (Å²) in [5, 5.41) is 18.9. The van der Waals surface area contributed by atoms with Gasteiger partial charge in [-0.2, -0.15) is 0 Å². The van der Waals surface area contributed by atoms with Crippen molar-refractivity contribution in [2.75, 3.05) is 7.11 Å². The molecule has 0 spiro atoms. The van der Waals surface area contributed by atoms with E-state index in [1.54, 1.807) is 30.1 Å². The summed E-state index contributed by atoms with van der Waals surface area (Å²) in [5.74, 6) is 0.773. The van der Waals surface area contributed by atoms with Gasteiger partial charge < -0.3 is 4.74 Å². The van der Waals surface area contributed by atoms with Crippen molar-refractivity contribution in [2.45, 2.75) is 13.8 Å². The summed E-state index contributed by atoms with van der Waals surface area (Å²) < 4.78 is 7.11. The lowest BCUT2D eigenvalue weighted by Gasteiger charge is -2.12. The Morgan fingerprint density at radius 2 is 1.88 bits per heavy atom. The maximum absolute atomic E-state index is 10.8. The molecule has 0 unspecified atom stereocenters. The molecule has 0 saturated carbocycles. The average Bonchev–Trinajstić information content (AvgIpc) is 3.07. The second-order valence-corrected chi connectivity index (χ2v) is 5.42. The van der Waals surface area contributed by atoms with Crippen molar-refractivity contribution in [1.82, 2.24) is 15.0 Å². The van der Waals surface area contributed by atoms with Gasteiger partial charge in [-0.25, -0.2) is 4.68 Å². The first-order chi connectivity index (χ1) is 11.5. The van der Waals surface area contributed by atoms with Crippen LogP contribution in [0.2, 0.25) is 0 Å². The Morgan fingerprint density at radius 1 is 1.17 bits per heavy atom. The Hall–Kier alpha value is -3.22. The van der Waals surface area contributed by atoms with Crippen LogP contribution < -0.4 is 4.74 Å². The summed E-state index contributed by atoms with van der Waals surface area (Å²) >= 11 is 0. The van der Waals surface area contributed by atoms with Crippen LogP contribution >= 0.6 is 0 Å². The SMILES string of the molecule is COc1cc(-n2nncc2-c2ccc([N+](=O)[O-])cc2)cc(C)c1C. The number of hydrogen-bond donors (Lipinski definition) is 0. The van der Waals surface area contributed by atoms with Crippen molar-refractivity contribution in [1.29, 1.82) is 0 Å². The summed E-state index contributed by atoms with van der Waals surface area (Å²) in [5.41, 5.74) is 4.55. The van der Waals surface area contributed by atoms with Gasteiger partial charge in [-0.05, 0) is 43.2 Å². The largest absolute Gasteiger partial charge is 0.496 e. The monoisotopic (exact) mass is 324 g/mol. The van der Waals surface area contributed by atoms with E-state index in [0.29, 0.717) is 0 Å². The van der Waals surface area contributed by atoms with Crippen LogP contribution in [0, 0.1) is 24.0 Å². The first kappa shape index (κ1) is 15.7. The Morgan fingerprint density at radius 3 is 2.50 bits per heavy atom. The Labute approximate surface area is 138 Å². The summed E-state index contributed by atoms with van der Waals surface area (Å²) in [6.45, 7) is 4.00. The van der Waals surface area contributed by atoms with Gasteiger partial charge in [0.1, 0.15) is 5.75 Å². The smallest absolute Gasteiger partial charge is 0.269 e. The number of nitrogens with zero attached hydrogens (tertiary/aromatic N) is 4. The van der Waals surface area contributed by atoms with E-state index >= 15 is 0 Å². The molecule has 0 fully saturated rings. The molecule has 7 nitrogen and oxygen atoms in total. The number of aromatic nitrogens is 3. The van der Waals surface area contributed by atoms with Gasteiger partial charge in [0.05, 0.1) is 29.6 Å². The number of non-ortho nitro benzene ring substituents is 1. The third-order valence-electron chi connectivity index (χ3n) is 3.99. The lowest BCUT2D eigenvalue weighted by Crippen LogP contribution is -2.02. The standard InChI is InChI=1S/C17H16N4O3/c1-11-8-15(9-17(24-3)12(11)2)20-16(10-18-19-20)13-4-6-14(7-5-13)21(22)23/h4-10H,1-3H3. The number of rotatable bonds is 4. The van der Waals surface area contributed by atoms with Crippen molar-refractivity contribution in [3.63, 3.8) is 0 Å². The summed E-state index contributed by atoms with van der Waals surface area (Å²) in [6, 6.07) is 10.2. The number of ether oxygens (including phenoxy) is 1. The molecule has 1 aromatic heterocycles. The highest BCUT2D eigenvalue weighted by Gasteiger charge is 2.13. The van der Waals surface area contributed by atoms with Crippen molar-refractivity contribution in [3.8, 4) is 22.7 Å². The highest BCUT2D eigenvalue weighted by molar-refractivity contribution is 5.63. The molecule has 7 heteroatoms. The maximum Gasteiger partial charge on any atom is 0.269 e. The van der Waals surface area contributed by atoms with Crippen molar-refractivity contribution >= 4 is 5.69 Å². The number of aryl methyl sites for hydroxylation is 1. The number of benzene rings is 2. The molecular formula is C17H16N4O3. The van der Waals surface area contributed by atoms with E-state index in [9.17, 15) is 10.1 Å². The molecule has 0 saturated heterocycles. The Kier molecular flexibility index (Phi) is 3.99. The van der Waals surface area contributed by atoms with Gasteiger partial charge in [0, 0.05) is 23.8 Å². The molecule has 24 heavy (non-hydrogen) atoms. The zero-order valence-electron chi connectivity index (χ0n) is 13.6. The van der Waals surface area contributed by atoms with Crippen LogP contribution in [0.25, 0.3) is 16.9 Å². The minimum atomic E-state index is -0.423. The first-order valence-corrected chi connectivity index (χ1v) is 7.32. The highest BCUT2D eigenvalue weighted by atomic mass is 16.6. The predicted molar refractivity (Wildman–Crippen MR) is 89.5 cm³/mol. The second kappa shape index (κ2) is 6.11. The van der Waals surface area contributed by atoms with Gasteiger partial charge in [0.2, 0.25) is 0 Å². The van der Waals surface area contributed by atoms with Gasteiger partial charge in [0.25, 0.3) is 5.69 Å². The van der Waals surface area contributed by atoms with E-state index in [1.165, 1.54) is 12.1 Å². The molecule has 2 aromatic carbocycles. The molecule has 122 valence electrons. The number of nitro groups is 1. The van der Waals surface area contributed by atoms with Gasteiger partial charge in [-0.3, -0.25) is 10.1 Å². The van der Waals surface area contributed by atoms with E-state index in [4.69, 9.17) is 4.74 Å². The fraction of sp³-hybridized carbons (Fsp3) is 0.176. The highest BCUT2D eigenvalue weighted by Crippen LogP contribution is 2.28. The molecule has 3 aromatic rings. The maximum atomic E-state index is 10.8. The van der Waals surface area contributed by atoms with Crippen LogP contribution in [0.4, 0.5) is 5.69 Å². The van der Waals surface area contributed by atoms with Crippen LogP contribution in [0.5, 0.6) is 5.75 Å². The normalized spacial score (nSPS) is 10.6. The quantitative estimate of drug-likeness (QED) is 0.542. The minimum Gasteiger partial charge on any atom is -0.496 e. The third kappa shape index (κ3) is 2.71. The van der Waals surface area contributed by atoms with Gasteiger partial charge in [-0.1, -0.05) is 5.21 Å². The van der Waals surface area contributed by atoms with Gasteiger partial charge in [-0.15, -0.1) is 5.10 Å². The van der Waals surface area contributed by atoms with Crippen LogP contribution in [0.15, 0.2) is 42.6 Å². The van der Waals surface area contributed by atoms with Crippen LogP contribution in [0.3, 0.4) is 0 Å². The molecule has 1 heterocycles. The molecule has 0 bridgehead atoms. The molecule has 0 aliphatic heterocycles. The van der Waals surface area contributed by atoms with Gasteiger partial charge in [0.15, 0.2) is 0 Å². The molecule has 0 radical (unpaired) electrons. The zero-order valence-corrected chi connectivity index (χ0v) is 13.6. The van der Waals surface area contributed by atoms with Gasteiger partial charge >= 0.3 is 0 Å². The minimum absolute atomic E-state index is 0.0469. The summed E-state index contributed by atoms with van der Waals surface area (Å²) in [6.07, 6.45) is 1.63. The number of hydrogen-bond acceptors (Lipinski definition) is 5. The van der Waals surface area contributed by atoms with Crippen LogP contribution in [0.1, 0.15) is 11.1 Å². The average molecular weight is 324 g/mol. The molecule has 0 amide bonds. The summed E-state index contributed by atoms with van der Waals surface area (Å²) in [4.78, 5) is 10.4. The lowest BCUT2D eigenvalue weighted by molar-refractivity contribution is -0.384. The van der Waals surface area contributed by atoms with E-state index < -0.39 is 4.92 Å². The molecule has 0 N–H and O–H groups in total. The molecule has 0 aliphatic carbocycles. The molecular weight excluding hydrogens is 308 g/mol. The van der Waals surface area contributed by atoms with Crippen LogP contribution in [-0.2, 0) is 0 Å². The number of methoxy groups -OCH3 is 1. The lowest BCUT2D eigenvalue weighted by atomic mass is 10.1. The Bertz CT molecular complexity index is 901. The Balaban J connectivity index is 2.08. The van der Waals surface area contributed by atoms with E-state index in [0.717, 1.165) is 33.8 Å². The predicted octanol–water partition coefficient (Wildman–Crippen LogP) is 3.47. The third-order valence-corrected chi connectivity index (χ3v) is 3.99. The van der Waals surface area contributed by atoms with Crippen LogP contribution in [-0.4, -0.2) is 27.0 Å². The van der Waals surface area contributed by atoms with E-state index in [1.807, 2.05) is 26.0 Å². The van der Waals surface area contributed by atoms with Crippen molar-refractivity contribution < 1.29 is 9.66 Å². The second-order valence-electron chi connectivity index (χ2n) is 5.42. The van der Waals surface area contributed by atoms with E-state index in [2.05, 4.69) is 10.3 Å². The fourth-order valence-corrected chi connectivity index (χ4v) is 2.52. The molecule has 0 atom stereocenters. The fourth-order valence-electron chi connectivity index (χ4n) is 2.52. The molecule has 3 rings (SSSR count). The van der Waals surface area contributed by atoms with Crippen molar-refractivity contribution in [3.05, 3.63) is 63.8 Å². The number of nitro benzene ring substituents is 1. The zero-order chi connectivity index (χ0) is 17.3. The summed E-state index contributed by atoms with van der Waals surface area (Å²) in [7, 11) is 1.63. The topological polar surface area (TPSA) is 83.1 Å². The van der Waals surface area contributed by atoms with E-state index in [-0.39, 0.29) is 5.69 Å². The van der Waals surface area contributed by atoms with Crippen molar-refractivity contribution in [2.24, 2.45) is 0 Å². The molecule has 0 aliphatic rings.